The molecular formula is C28H48O4. The first-order valence-corrected chi connectivity index (χ1v) is 13.7. The van der Waals surface area contributed by atoms with Crippen LogP contribution in [0, 0.1) is 58.2 Å². The van der Waals surface area contributed by atoms with Crippen LogP contribution >= 0.6 is 0 Å². The van der Waals surface area contributed by atoms with Crippen molar-refractivity contribution in [1.29, 1.82) is 0 Å². The number of aliphatic hydroxyl groups excluding tert-OH is 3. The van der Waals surface area contributed by atoms with E-state index < -0.39 is 18.3 Å². The smallest absolute Gasteiger partial charge is 0.0904 e. The Morgan fingerprint density at radius 1 is 0.875 bits per heavy atom. The number of fused-ring (bicyclic) bond motifs is 8. The van der Waals surface area contributed by atoms with Crippen LogP contribution in [0.3, 0.4) is 0 Å². The van der Waals surface area contributed by atoms with Crippen molar-refractivity contribution in [2.24, 2.45) is 58.2 Å². The van der Waals surface area contributed by atoms with E-state index in [0.29, 0.717) is 48.5 Å². The first kappa shape index (κ1) is 23.6. The number of hydrogen-bond donors (Lipinski definition) is 3. The van der Waals surface area contributed by atoms with Crippen molar-refractivity contribution >= 4 is 0 Å². The zero-order chi connectivity index (χ0) is 23.2. The molecule has 5 rings (SSSR count). The summed E-state index contributed by atoms with van der Waals surface area (Å²) in [4.78, 5) is 0. The monoisotopic (exact) mass is 448 g/mol. The number of ether oxygens (including phenoxy) is 1. The van der Waals surface area contributed by atoms with Crippen molar-refractivity contribution in [3.05, 3.63) is 0 Å². The Bertz CT molecular complexity index is 710. The molecule has 1 heterocycles. The molecule has 0 aromatic carbocycles. The molecule has 0 bridgehead atoms. The molecule has 32 heavy (non-hydrogen) atoms. The second-order valence-electron chi connectivity index (χ2n) is 13.6. The second-order valence-corrected chi connectivity index (χ2v) is 13.6. The van der Waals surface area contributed by atoms with E-state index in [9.17, 15) is 15.3 Å². The van der Waals surface area contributed by atoms with Crippen molar-refractivity contribution in [3.63, 3.8) is 0 Å². The zero-order valence-electron chi connectivity index (χ0n) is 21.2. The van der Waals surface area contributed by atoms with Crippen LogP contribution in [0.1, 0.15) is 86.5 Å². The molecule has 5 aliphatic rings. The summed E-state index contributed by atoms with van der Waals surface area (Å²) in [6.07, 6.45) is 6.09. The topological polar surface area (TPSA) is 73.2 Å². The molecule has 0 amide bonds. The van der Waals surface area contributed by atoms with Gasteiger partial charge in [-0.1, -0.05) is 54.4 Å². The van der Waals surface area contributed by atoms with Crippen LogP contribution in [0.5, 0.6) is 0 Å². The predicted octanol–water partition coefficient (Wildman–Crippen LogP) is 4.64. The van der Waals surface area contributed by atoms with Crippen LogP contribution in [0.25, 0.3) is 0 Å². The fourth-order valence-electron chi connectivity index (χ4n) is 9.71. The van der Waals surface area contributed by atoms with Gasteiger partial charge in [0.25, 0.3) is 0 Å². The summed E-state index contributed by atoms with van der Waals surface area (Å²) < 4.78 is 6.58. The largest absolute Gasteiger partial charge is 0.393 e. The van der Waals surface area contributed by atoms with Gasteiger partial charge in [-0.15, -0.1) is 0 Å². The van der Waals surface area contributed by atoms with E-state index in [4.69, 9.17) is 4.74 Å². The lowest BCUT2D eigenvalue weighted by Crippen LogP contribution is -2.65. The summed E-state index contributed by atoms with van der Waals surface area (Å²) in [5.41, 5.74) is -0.146. The molecule has 4 heteroatoms. The first-order chi connectivity index (χ1) is 15.0. The van der Waals surface area contributed by atoms with Gasteiger partial charge >= 0.3 is 0 Å². The van der Waals surface area contributed by atoms with Gasteiger partial charge < -0.3 is 20.1 Å². The fraction of sp³-hybridized carbons (Fsp3) is 1.00. The third kappa shape index (κ3) is 3.22. The van der Waals surface area contributed by atoms with Gasteiger partial charge in [-0.25, -0.2) is 0 Å². The van der Waals surface area contributed by atoms with Crippen LogP contribution in [-0.2, 0) is 4.74 Å². The molecule has 0 aromatic rings. The molecule has 184 valence electrons. The van der Waals surface area contributed by atoms with Gasteiger partial charge in [-0.3, -0.25) is 0 Å². The number of hydrogen-bond acceptors (Lipinski definition) is 4. The molecule has 5 fully saturated rings. The normalized spacial score (nSPS) is 56.1. The Morgan fingerprint density at radius 3 is 2.28 bits per heavy atom. The highest BCUT2D eigenvalue weighted by Gasteiger charge is 2.75. The molecule has 0 unspecified atom stereocenters. The summed E-state index contributed by atoms with van der Waals surface area (Å²) in [5.74, 6) is 4.23. The zero-order valence-corrected chi connectivity index (χ0v) is 21.2. The van der Waals surface area contributed by atoms with Gasteiger partial charge in [-0.05, 0) is 79.4 Å². The first-order valence-electron chi connectivity index (χ1n) is 13.7. The molecule has 14 atom stereocenters. The highest BCUT2D eigenvalue weighted by atomic mass is 16.6. The second kappa shape index (κ2) is 7.93. The molecular weight excluding hydrogens is 400 g/mol. The van der Waals surface area contributed by atoms with Crippen molar-refractivity contribution < 1.29 is 20.1 Å². The quantitative estimate of drug-likeness (QED) is 0.536. The standard InChI is InChI=1S/C28H48O4/c1-14(2)15(3)7-8-16(4)19-9-10-20-18-13-22(30)21-11-17(29)12-23(31)28(21,6)24(18)25-26(32-25)27(19,20)5/h14-26,29-31H,7-13H2,1-6H3/t15-,16-,17-,18+,19-,20+,21-,22-,23+,24-,25+,26+,27-,28-/m1/s1. The lowest BCUT2D eigenvalue weighted by Gasteiger charge is -2.62. The van der Waals surface area contributed by atoms with Crippen molar-refractivity contribution in [2.75, 3.05) is 0 Å². The lowest BCUT2D eigenvalue weighted by molar-refractivity contribution is -0.208. The highest BCUT2D eigenvalue weighted by Crippen LogP contribution is 2.73. The summed E-state index contributed by atoms with van der Waals surface area (Å²) >= 11 is 0. The van der Waals surface area contributed by atoms with Gasteiger partial charge in [0.15, 0.2) is 0 Å². The highest BCUT2D eigenvalue weighted by molar-refractivity contribution is 5.22. The SMILES string of the molecule is CC(C)[C@H](C)CC[C@@H](C)[C@H]1CC[C@H]2[C@@H]3C[C@@H](O)[C@H]4C[C@@H](O)C[C@H](O)[C@]4(C)[C@H]3[C@@H]3O[C@@H]3[C@]12C. The maximum Gasteiger partial charge on any atom is 0.0904 e. The molecule has 3 N–H and O–H groups in total. The third-order valence-corrected chi connectivity index (χ3v) is 12.0. The Kier molecular flexibility index (Phi) is 5.84. The van der Waals surface area contributed by atoms with Crippen LogP contribution in [-0.4, -0.2) is 45.8 Å². The minimum atomic E-state index is -0.554. The van der Waals surface area contributed by atoms with E-state index in [1.54, 1.807) is 0 Å². The van der Waals surface area contributed by atoms with Crippen LogP contribution in [0.4, 0.5) is 0 Å². The fourth-order valence-corrected chi connectivity index (χ4v) is 9.71. The van der Waals surface area contributed by atoms with Crippen LogP contribution in [0.15, 0.2) is 0 Å². The number of rotatable bonds is 5. The Balaban J connectivity index is 1.40. The van der Waals surface area contributed by atoms with Gasteiger partial charge in [0.2, 0.25) is 0 Å². The van der Waals surface area contributed by atoms with Crippen LogP contribution < -0.4 is 0 Å². The van der Waals surface area contributed by atoms with E-state index in [1.165, 1.54) is 25.7 Å². The molecule has 0 aromatic heterocycles. The van der Waals surface area contributed by atoms with Crippen molar-refractivity contribution in [2.45, 2.75) is 117 Å². The lowest BCUT2D eigenvalue weighted by atomic mass is 9.43. The summed E-state index contributed by atoms with van der Waals surface area (Å²) in [6.45, 7) is 14.3. The minimum Gasteiger partial charge on any atom is -0.393 e. The summed E-state index contributed by atoms with van der Waals surface area (Å²) in [6, 6.07) is 0. The Morgan fingerprint density at radius 2 is 1.59 bits per heavy atom. The molecule has 1 aliphatic heterocycles. The van der Waals surface area contributed by atoms with Gasteiger partial charge in [0.1, 0.15) is 0 Å². The number of epoxide rings is 1. The minimum absolute atomic E-state index is 0.0228. The molecule has 4 saturated carbocycles. The van der Waals surface area contributed by atoms with E-state index in [2.05, 4.69) is 41.5 Å². The molecule has 4 aliphatic carbocycles. The van der Waals surface area contributed by atoms with Crippen molar-refractivity contribution in [1.82, 2.24) is 0 Å². The average molecular weight is 449 g/mol. The Hall–Kier alpha value is -0.160. The van der Waals surface area contributed by atoms with E-state index in [1.807, 2.05) is 0 Å². The summed E-state index contributed by atoms with van der Waals surface area (Å²) in [5, 5.41) is 32.8. The van der Waals surface area contributed by atoms with Gasteiger partial charge in [0, 0.05) is 10.8 Å². The third-order valence-electron chi connectivity index (χ3n) is 12.0. The average Bonchev–Trinajstić information content (AvgIpc) is 3.44. The van der Waals surface area contributed by atoms with Crippen molar-refractivity contribution in [3.8, 4) is 0 Å². The number of aliphatic hydroxyl groups is 3. The van der Waals surface area contributed by atoms with Gasteiger partial charge in [-0.2, -0.15) is 0 Å². The maximum atomic E-state index is 11.3. The predicted molar refractivity (Wildman–Crippen MR) is 126 cm³/mol. The van der Waals surface area contributed by atoms with E-state index in [-0.39, 0.29) is 22.9 Å². The maximum absolute atomic E-state index is 11.3. The summed E-state index contributed by atoms with van der Waals surface area (Å²) in [7, 11) is 0. The van der Waals surface area contributed by atoms with E-state index in [0.717, 1.165) is 18.3 Å². The molecule has 0 radical (unpaired) electrons. The molecule has 4 nitrogen and oxygen atoms in total. The Labute approximate surface area is 195 Å². The van der Waals surface area contributed by atoms with Gasteiger partial charge in [0.05, 0.1) is 30.5 Å². The molecule has 1 saturated heterocycles. The van der Waals surface area contributed by atoms with Crippen LogP contribution in [0.2, 0.25) is 0 Å². The van der Waals surface area contributed by atoms with E-state index >= 15 is 0 Å². The molecule has 0 spiro atoms.